The van der Waals surface area contributed by atoms with Gasteiger partial charge >= 0.3 is 6.09 Å². The molecule has 1 saturated carbocycles. The average molecular weight is 247 g/mol. The Balaban J connectivity index is 1.51. The largest absolute Gasteiger partial charge is 0.445 e. The minimum atomic E-state index is -0.265. The van der Waals surface area contributed by atoms with Gasteiger partial charge in [-0.15, -0.1) is 0 Å². The highest BCUT2D eigenvalue weighted by atomic mass is 16.6. The molecule has 96 valence electrons. The van der Waals surface area contributed by atoms with E-state index in [2.05, 4.69) is 0 Å². The van der Waals surface area contributed by atoms with Crippen LogP contribution in [0.15, 0.2) is 30.3 Å². The van der Waals surface area contributed by atoms with Gasteiger partial charge in [-0.1, -0.05) is 30.3 Å². The van der Waals surface area contributed by atoms with Crippen LogP contribution in [0.4, 0.5) is 4.79 Å². The van der Waals surface area contributed by atoms with E-state index in [-0.39, 0.29) is 18.1 Å². The molecule has 1 heterocycles. The minimum Gasteiger partial charge on any atom is -0.445 e. The van der Waals surface area contributed by atoms with Gasteiger partial charge in [0, 0.05) is 18.5 Å². The van der Waals surface area contributed by atoms with Gasteiger partial charge in [0.05, 0.1) is 6.61 Å². The second-order valence-electron chi connectivity index (χ2n) is 5.34. The Hall–Kier alpha value is -1.55. The van der Waals surface area contributed by atoms with Crippen molar-refractivity contribution in [2.45, 2.75) is 13.0 Å². The molecule has 1 amide bonds. The first-order valence-corrected chi connectivity index (χ1v) is 6.30. The topological polar surface area (TPSA) is 49.8 Å². The van der Waals surface area contributed by atoms with E-state index >= 15 is 0 Å². The van der Waals surface area contributed by atoms with E-state index in [4.69, 9.17) is 4.74 Å². The number of amides is 1. The van der Waals surface area contributed by atoms with Crippen LogP contribution in [0, 0.1) is 11.3 Å². The number of carbonyl (C=O) groups is 1. The first kappa shape index (κ1) is 11.5. The molecule has 1 aliphatic carbocycles. The van der Waals surface area contributed by atoms with E-state index in [1.165, 1.54) is 0 Å². The molecule has 0 radical (unpaired) electrons. The van der Waals surface area contributed by atoms with E-state index in [0.717, 1.165) is 18.5 Å². The minimum absolute atomic E-state index is 0.00817. The highest BCUT2D eigenvalue weighted by Gasteiger charge is 2.60. The van der Waals surface area contributed by atoms with Gasteiger partial charge in [0.2, 0.25) is 0 Å². The molecule has 18 heavy (non-hydrogen) atoms. The molecular formula is C14H17NO3. The Labute approximate surface area is 106 Å². The standard InChI is InChI=1S/C14H17NO3/c16-10-14-6-12(14)7-15(9-14)13(17)18-8-11-4-2-1-3-5-11/h1-5,12,16H,6-10H2/t12-,14-/m0/s1. The third-order valence-corrected chi connectivity index (χ3v) is 4.08. The third kappa shape index (κ3) is 1.97. The number of piperidine rings is 1. The number of fused-ring (bicyclic) bond motifs is 1. The van der Waals surface area contributed by atoms with Gasteiger partial charge in [-0.25, -0.2) is 4.79 Å². The summed E-state index contributed by atoms with van der Waals surface area (Å²) in [6.45, 7) is 1.86. The Morgan fingerprint density at radius 3 is 2.89 bits per heavy atom. The molecular weight excluding hydrogens is 230 g/mol. The van der Waals surface area contributed by atoms with Crippen LogP contribution in [-0.4, -0.2) is 35.8 Å². The van der Waals surface area contributed by atoms with Crippen LogP contribution in [0.5, 0.6) is 0 Å². The average Bonchev–Trinajstić information content (AvgIpc) is 2.99. The quantitative estimate of drug-likeness (QED) is 0.883. The maximum Gasteiger partial charge on any atom is 0.410 e. The smallest absolute Gasteiger partial charge is 0.410 e. The molecule has 1 aromatic carbocycles. The molecule has 2 fully saturated rings. The van der Waals surface area contributed by atoms with Crippen LogP contribution in [0.2, 0.25) is 0 Å². The molecule has 0 unspecified atom stereocenters. The lowest BCUT2D eigenvalue weighted by atomic mass is 10.1. The van der Waals surface area contributed by atoms with Gasteiger partial charge in [-0.3, -0.25) is 0 Å². The number of carbonyl (C=O) groups excluding carboxylic acids is 1. The van der Waals surface area contributed by atoms with Crippen LogP contribution >= 0.6 is 0 Å². The van der Waals surface area contributed by atoms with Crippen molar-refractivity contribution in [2.24, 2.45) is 11.3 Å². The molecule has 4 heteroatoms. The van der Waals surface area contributed by atoms with Gasteiger partial charge in [0.15, 0.2) is 0 Å². The molecule has 0 aromatic heterocycles. The van der Waals surface area contributed by atoms with Gasteiger partial charge in [0.25, 0.3) is 0 Å². The van der Waals surface area contributed by atoms with Gasteiger partial charge < -0.3 is 14.7 Å². The SMILES string of the molecule is O=C(OCc1ccccc1)N1C[C@@H]2C[C@@]2(CO)C1. The van der Waals surface area contributed by atoms with E-state index in [1.807, 2.05) is 30.3 Å². The molecule has 1 saturated heterocycles. The van der Waals surface area contributed by atoms with E-state index in [0.29, 0.717) is 19.1 Å². The third-order valence-electron chi connectivity index (χ3n) is 4.08. The van der Waals surface area contributed by atoms with E-state index in [1.54, 1.807) is 4.90 Å². The predicted octanol–water partition coefficient (Wildman–Crippen LogP) is 1.64. The molecule has 1 N–H and O–H groups in total. The first-order chi connectivity index (χ1) is 8.73. The molecule has 0 spiro atoms. The molecule has 3 rings (SSSR count). The van der Waals surface area contributed by atoms with Crippen molar-refractivity contribution in [2.75, 3.05) is 19.7 Å². The fourth-order valence-corrected chi connectivity index (χ4v) is 2.79. The summed E-state index contributed by atoms with van der Waals surface area (Å²) in [4.78, 5) is 13.6. The number of rotatable bonds is 3. The number of hydrogen-bond donors (Lipinski definition) is 1. The second-order valence-corrected chi connectivity index (χ2v) is 5.34. The normalized spacial score (nSPS) is 28.9. The van der Waals surface area contributed by atoms with Crippen LogP contribution in [-0.2, 0) is 11.3 Å². The summed E-state index contributed by atoms with van der Waals surface area (Å²) < 4.78 is 5.28. The Bertz CT molecular complexity index is 444. The maximum atomic E-state index is 11.9. The molecule has 0 bridgehead atoms. The highest BCUT2D eigenvalue weighted by molar-refractivity contribution is 5.68. The number of hydrogen-bond acceptors (Lipinski definition) is 3. The summed E-state index contributed by atoms with van der Waals surface area (Å²) in [5.74, 6) is 0.478. The van der Waals surface area contributed by atoms with Crippen molar-refractivity contribution < 1.29 is 14.6 Å². The molecule has 2 atom stereocenters. The van der Waals surface area contributed by atoms with E-state index in [9.17, 15) is 9.90 Å². The van der Waals surface area contributed by atoms with Gasteiger partial charge in [-0.05, 0) is 17.9 Å². The lowest BCUT2D eigenvalue weighted by Gasteiger charge is -2.19. The molecule has 4 nitrogen and oxygen atoms in total. The number of aliphatic hydroxyl groups excluding tert-OH is 1. The fourth-order valence-electron chi connectivity index (χ4n) is 2.79. The van der Waals surface area contributed by atoms with Crippen molar-refractivity contribution in [3.8, 4) is 0 Å². The van der Waals surface area contributed by atoms with Crippen LogP contribution in [0.3, 0.4) is 0 Å². The van der Waals surface area contributed by atoms with Crippen molar-refractivity contribution in [3.05, 3.63) is 35.9 Å². The number of nitrogens with zero attached hydrogens (tertiary/aromatic N) is 1. The predicted molar refractivity (Wildman–Crippen MR) is 65.8 cm³/mol. The number of ether oxygens (including phenoxy) is 1. The summed E-state index contributed by atoms with van der Waals surface area (Å²) in [6.07, 6.45) is 0.783. The zero-order valence-electron chi connectivity index (χ0n) is 10.2. The van der Waals surface area contributed by atoms with Crippen molar-refractivity contribution in [1.29, 1.82) is 0 Å². The fraction of sp³-hybridized carbons (Fsp3) is 0.500. The second kappa shape index (κ2) is 4.28. The Morgan fingerprint density at radius 1 is 1.44 bits per heavy atom. The first-order valence-electron chi connectivity index (χ1n) is 6.30. The monoisotopic (exact) mass is 247 g/mol. The van der Waals surface area contributed by atoms with Crippen LogP contribution < -0.4 is 0 Å². The number of aliphatic hydroxyl groups is 1. The summed E-state index contributed by atoms with van der Waals surface area (Å²) in [5.41, 5.74) is 0.984. The zero-order chi connectivity index (χ0) is 12.6. The van der Waals surface area contributed by atoms with Crippen LogP contribution in [0.25, 0.3) is 0 Å². The van der Waals surface area contributed by atoms with Crippen molar-refractivity contribution in [1.82, 2.24) is 4.90 Å². The molecule has 1 aliphatic heterocycles. The van der Waals surface area contributed by atoms with Crippen LogP contribution in [0.1, 0.15) is 12.0 Å². The van der Waals surface area contributed by atoms with Gasteiger partial charge in [0.1, 0.15) is 6.61 Å². The summed E-state index contributed by atoms with van der Waals surface area (Å²) in [6, 6.07) is 9.65. The summed E-state index contributed by atoms with van der Waals surface area (Å²) in [7, 11) is 0. The van der Waals surface area contributed by atoms with Gasteiger partial charge in [-0.2, -0.15) is 0 Å². The highest BCUT2D eigenvalue weighted by Crippen LogP contribution is 2.57. The summed E-state index contributed by atoms with van der Waals surface area (Å²) >= 11 is 0. The van der Waals surface area contributed by atoms with E-state index < -0.39 is 0 Å². The number of benzene rings is 1. The lowest BCUT2D eigenvalue weighted by Crippen LogP contribution is -2.33. The molecule has 2 aliphatic rings. The number of likely N-dealkylation sites (tertiary alicyclic amines) is 1. The Kier molecular flexibility index (Phi) is 2.74. The summed E-state index contributed by atoms with van der Waals surface area (Å²) in [5, 5.41) is 9.30. The maximum absolute atomic E-state index is 11.9. The Morgan fingerprint density at radius 2 is 2.22 bits per heavy atom. The van der Waals surface area contributed by atoms with Crippen molar-refractivity contribution >= 4 is 6.09 Å². The molecule has 1 aromatic rings. The lowest BCUT2D eigenvalue weighted by molar-refractivity contribution is 0.0945. The van der Waals surface area contributed by atoms with Crippen molar-refractivity contribution in [3.63, 3.8) is 0 Å². The zero-order valence-corrected chi connectivity index (χ0v) is 10.2.